The highest BCUT2D eigenvalue weighted by Gasteiger charge is 2.30. The highest BCUT2D eigenvalue weighted by atomic mass is 32.2. The molecule has 0 radical (unpaired) electrons. The Morgan fingerprint density at radius 1 is 1.06 bits per heavy atom. The number of nitrogens with one attached hydrogen (secondary N) is 1. The van der Waals surface area contributed by atoms with Crippen molar-refractivity contribution in [2.75, 3.05) is 36.1 Å². The Hall–Kier alpha value is -3.15. The number of rotatable bonds is 5. The number of hydrogen-bond donors (Lipinski definition) is 1. The molecule has 1 aliphatic rings. The van der Waals surface area contributed by atoms with Gasteiger partial charge in [0.05, 0.1) is 11.9 Å². The topological polar surface area (TPSA) is 104 Å². The van der Waals surface area contributed by atoms with Gasteiger partial charge in [-0.1, -0.05) is 11.3 Å². The van der Waals surface area contributed by atoms with Crippen molar-refractivity contribution < 1.29 is 8.42 Å². The summed E-state index contributed by atoms with van der Waals surface area (Å²) in [5.41, 5.74) is 3.70. The van der Waals surface area contributed by atoms with Crippen molar-refractivity contribution in [3.05, 3.63) is 55.0 Å². The van der Waals surface area contributed by atoms with Crippen LogP contribution < -0.4 is 10.2 Å². The second kappa shape index (κ2) is 8.65. The molecule has 0 spiro atoms. The van der Waals surface area contributed by atoms with Crippen LogP contribution in [0.4, 0.5) is 16.6 Å². The van der Waals surface area contributed by atoms with Crippen LogP contribution in [0, 0.1) is 0 Å². The first kappa shape index (κ1) is 21.7. The smallest absolute Gasteiger partial charge is 0.211 e. The number of thiazole rings is 1. The van der Waals surface area contributed by atoms with E-state index in [1.54, 1.807) is 22.9 Å². The second-order valence-corrected chi connectivity index (χ2v) is 10.9. The number of sulfonamides is 1. The van der Waals surface area contributed by atoms with Gasteiger partial charge in [0.15, 0.2) is 5.13 Å². The van der Waals surface area contributed by atoms with Crippen molar-refractivity contribution in [3.8, 4) is 11.3 Å². The number of pyridine rings is 3. The summed E-state index contributed by atoms with van der Waals surface area (Å²) in [6.07, 6.45) is 6.52. The van der Waals surface area contributed by atoms with E-state index >= 15 is 0 Å². The van der Waals surface area contributed by atoms with E-state index in [0.717, 1.165) is 27.3 Å². The van der Waals surface area contributed by atoms with Gasteiger partial charge in [0, 0.05) is 61.6 Å². The van der Waals surface area contributed by atoms with Crippen LogP contribution in [0.25, 0.3) is 21.6 Å². The van der Waals surface area contributed by atoms with Gasteiger partial charge in [0.1, 0.15) is 16.2 Å². The van der Waals surface area contributed by atoms with E-state index in [4.69, 9.17) is 4.98 Å². The van der Waals surface area contributed by atoms with Gasteiger partial charge in [0.25, 0.3) is 0 Å². The molecular weight excluding hydrogens is 458 g/mol. The molecule has 9 nitrogen and oxygen atoms in total. The number of hydrogen-bond acceptors (Lipinski definition) is 9. The molecule has 1 atom stereocenters. The molecule has 0 aliphatic carbocycles. The Labute approximate surface area is 196 Å². The number of piperazine rings is 1. The molecule has 1 saturated heterocycles. The third-order valence-electron chi connectivity index (χ3n) is 5.57. The molecular formula is C22H23N7O2S2. The SMILES string of the molecule is C[C@@H]1CN(c2ccnc(Nc3nc4ccc(-c5ccncc5)nc4s3)c2)CCN1S(C)(=O)=O. The van der Waals surface area contributed by atoms with Crippen LogP contribution in [-0.4, -0.2) is 64.6 Å². The van der Waals surface area contributed by atoms with Gasteiger partial charge in [-0.2, -0.15) is 4.31 Å². The molecule has 1 aliphatic heterocycles. The summed E-state index contributed by atoms with van der Waals surface area (Å²) in [5, 5.41) is 4.00. The maximum atomic E-state index is 11.9. The molecule has 170 valence electrons. The first-order valence-electron chi connectivity index (χ1n) is 10.5. The summed E-state index contributed by atoms with van der Waals surface area (Å²) in [6.45, 7) is 3.65. The zero-order valence-electron chi connectivity index (χ0n) is 18.2. The van der Waals surface area contributed by atoms with Gasteiger partial charge in [-0.25, -0.2) is 23.4 Å². The summed E-state index contributed by atoms with van der Waals surface area (Å²) < 4.78 is 25.4. The molecule has 0 bridgehead atoms. The fourth-order valence-electron chi connectivity index (χ4n) is 4.02. The number of aromatic nitrogens is 4. The van der Waals surface area contributed by atoms with E-state index in [1.165, 1.54) is 17.6 Å². The lowest BCUT2D eigenvalue weighted by molar-refractivity contribution is 0.309. The predicted octanol–water partition coefficient (Wildman–Crippen LogP) is 3.36. The van der Waals surface area contributed by atoms with Gasteiger partial charge >= 0.3 is 0 Å². The third-order valence-corrected chi connectivity index (χ3v) is 7.84. The lowest BCUT2D eigenvalue weighted by Crippen LogP contribution is -2.53. The highest BCUT2D eigenvalue weighted by molar-refractivity contribution is 7.88. The van der Waals surface area contributed by atoms with E-state index < -0.39 is 10.0 Å². The largest absolute Gasteiger partial charge is 0.368 e. The molecule has 5 heterocycles. The number of anilines is 3. The van der Waals surface area contributed by atoms with E-state index in [2.05, 4.69) is 25.2 Å². The van der Waals surface area contributed by atoms with Crippen LogP contribution in [-0.2, 0) is 10.0 Å². The minimum absolute atomic E-state index is 0.0942. The predicted molar refractivity (Wildman–Crippen MR) is 131 cm³/mol. The summed E-state index contributed by atoms with van der Waals surface area (Å²) >= 11 is 1.47. The minimum atomic E-state index is -3.20. The fraction of sp³-hybridized carbons (Fsp3) is 0.273. The van der Waals surface area contributed by atoms with Crippen molar-refractivity contribution in [3.63, 3.8) is 0 Å². The normalized spacial score (nSPS) is 17.4. The summed E-state index contributed by atoms with van der Waals surface area (Å²) in [5.74, 6) is 0.680. The van der Waals surface area contributed by atoms with Crippen LogP contribution >= 0.6 is 11.3 Å². The van der Waals surface area contributed by atoms with Crippen LogP contribution in [0.5, 0.6) is 0 Å². The van der Waals surface area contributed by atoms with E-state index in [9.17, 15) is 8.42 Å². The van der Waals surface area contributed by atoms with Gasteiger partial charge in [-0.15, -0.1) is 0 Å². The molecule has 11 heteroatoms. The van der Waals surface area contributed by atoms with Crippen molar-refractivity contribution >= 4 is 48.3 Å². The molecule has 1 N–H and O–H groups in total. The van der Waals surface area contributed by atoms with Crippen LogP contribution in [0.2, 0.25) is 0 Å². The van der Waals surface area contributed by atoms with E-state index in [-0.39, 0.29) is 6.04 Å². The molecule has 0 amide bonds. The Morgan fingerprint density at radius 3 is 2.64 bits per heavy atom. The minimum Gasteiger partial charge on any atom is -0.368 e. The van der Waals surface area contributed by atoms with Crippen LogP contribution in [0.1, 0.15) is 6.92 Å². The molecule has 1 fully saturated rings. The van der Waals surface area contributed by atoms with Crippen molar-refractivity contribution in [1.29, 1.82) is 0 Å². The third kappa shape index (κ3) is 4.65. The number of fused-ring (bicyclic) bond motifs is 1. The van der Waals surface area contributed by atoms with Crippen molar-refractivity contribution in [2.24, 2.45) is 0 Å². The van der Waals surface area contributed by atoms with E-state index in [0.29, 0.717) is 30.6 Å². The van der Waals surface area contributed by atoms with E-state index in [1.807, 2.05) is 43.3 Å². The maximum Gasteiger partial charge on any atom is 0.211 e. The highest BCUT2D eigenvalue weighted by Crippen LogP contribution is 2.30. The van der Waals surface area contributed by atoms with Crippen LogP contribution in [0.3, 0.4) is 0 Å². The standard InChI is InChI=1S/C22H23N7O2S2/c1-15-14-28(11-12-29(15)33(2,30)31)17-7-10-24-20(13-17)27-22-26-19-4-3-18(25-21(19)32-22)16-5-8-23-9-6-16/h3-10,13,15H,11-12,14H2,1-2H3,(H,24,26,27)/t15-/m1/s1. The number of nitrogens with zero attached hydrogens (tertiary/aromatic N) is 6. The quantitative estimate of drug-likeness (QED) is 0.463. The summed E-state index contributed by atoms with van der Waals surface area (Å²) in [4.78, 5) is 20.9. The fourth-order valence-corrected chi connectivity index (χ4v) is 5.99. The van der Waals surface area contributed by atoms with Crippen LogP contribution in [0.15, 0.2) is 55.0 Å². The monoisotopic (exact) mass is 481 g/mol. The first-order chi connectivity index (χ1) is 15.9. The Bertz CT molecular complexity index is 1390. The Balaban J connectivity index is 1.34. The maximum absolute atomic E-state index is 11.9. The molecule has 5 rings (SSSR count). The van der Waals surface area contributed by atoms with Crippen molar-refractivity contribution in [1.82, 2.24) is 24.2 Å². The first-order valence-corrected chi connectivity index (χ1v) is 13.2. The zero-order chi connectivity index (χ0) is 23.0. The average Bonchev–Trinajstić information content (AvgIpc) is 3.20. The lowest BCUT2D eigenvalue weighted by atomic mass is 10.2. The molecule has 4 aromatic heterocycles. The van der Waals surface area contributed by atoms with Gasteiger partial charge in [-0.05, 0) is 37.3 Å². The summed E-state index contributed by atoms with van der Waals surface area (Å²) in [7, 11) is -3.20. The molecule has 0 unspecified atom stereocenters. The average molecular weight is 482 g/mol. The Morgan fingerprint density at radius 2 is 1.88 bits per heavy atom. The molecule has 0 aromatic carbocycles. The molecule has 4 aromatic rings. The lowest BCUT2D eigenvalue weighted by Gasteiger charge is -2.39. The molecule has 33 heavy (non-hydrogen) atoms. The van der Waals surface area contributed by atoms with Crippen molar-refractivity contribution in [2.45, 2.75) is 13.0 Å². The Kier molecular flexibility index (Phi) is 5.69. The second-order valence-electron chi connectivity index (χ2n) is 7.97. The van der Waals surface area contributed by atoms with Gasteiger partial charge in [0.2, 0.25) is 10.0 Å². The summed E-state index contributed by atoms with van der Waals surface area (Å²) in [6, 6.07) is 11.6. The molecule has 0 saturated carbocycles. The zero-order valence-corrected chi connectivity index (χ0v) is 19.8. The van der Waals surface area contributed by atoms with Gasteiger partial charge < -0.3 is 10.2 Å². The van der Waals surface area contributed by atoms with Gasteiger partial charge in [-0.3, -0.25) is 4.98 Å².